The quantitative estimate of drug-likeness (QED) is 0.604. The maximum atomic E-state index is 11.0. The van der Waals surface area contributed by atoms with Gasteiger partial charge in [-0.15, -0.1) is 0 Å². The van der Waals surface area contributed by atoms with Gasteiger partial charge in [-0.2, -0.15) is 0 Å². The highest BCUT2D eigenvalue weighted by Crippen LogP contribution is 2.07. The number of ether oxygens (including phenoxy) is 1. The summed E-state index contributed by atoms with van der Waals surface area (Å²) in [5, 5.41) is 0. The fourth-order valence-electron chi connectivity index (χ4n) is 1.24. The Balaban J connectivity index is 2.46. The van der Waals surface area contributed by atoms with Crippen LogP contribution in [0.15, 0.2) is 0 Å². The zero-order chi connectivity index (χ0) is 9.19. The SMILES string of the molecule is COC(C)N1CCS(=O)(=O)CC1. The van der Waals surface area contributed by atoms with E-state index in [1.807, 2.05) is 11.8 Å². The molecule has 0 N–H and O–H groups in total. The van der Waals surface area contributed by atoms with Gasteiger partial charge in [0.2, 0.25) is 0 Å². The average molecular weight is 193 g/mol. The van der Waals surface area contributed by atoms with Gasteiger partial charge in [0.05, 0.1) is 11.5 Å². The molecule has 0 saturated carbocycles. The molecule has 0 amide bonds. The summed E-state index contributed by atoms with van der Waals surface area (Å²) >= 11 is 0. The lowest BCUT2D eigenvalue weighted by molar-refractivity contribution is -0.0137. The van der Waals surface area contributed by atoms with Crippen molar-refractivity contribution < 1.29 is 13.2 Å². The zero-order valence-corrected chi connectivity index (χ0v) is 8.30. The molecule has 0 spiro atoms. The van der Waals surface area contributed by atoms with Crippen molar-refractivity contribution in [2.45, 2.75) is 13.2 Å². The third-order valence-electron chi connectivity index (χ3n) is 2.23. The van der Waals surface area contributed by atoms with E-state index in [1.165, 1.54) is 0 Å². The van der Waals surface area contributed by atoms with E-state index in [-0.39, 0.29) is 17.7 Å². The topological polar surface area (TPSA) is 46.6 Å². The average Bonchev–Trinajstić information content (AvgIpc) is 2.03. The van der Waals surface area contributed by atoms with Gasteiger partial charge in [-0.05, 0) is 6.92 Å². The normalized spacial score (nSPS) is 26.8. The van der Waals surface area contributed by atoms with Crippen molar-refractivity contribution in [3.8, 4) is 0 Å². The number of hydrogen-bond donors (Lipinski definition) is 0. The molecule has 1 aliphatic rings. The van der Waals surface area contributed by atoms with Crippen LogP contribution in [0.2, 0.25) is 0 Å². The highest BCUT2D eigenvalue weighted by atomic mass is 32.2. The molecule has 1 unspecified atom stereocenters. The van der Waals surface area contributed by atoms with E-state index in [4.69, 9.17) is 4.74 Å². The molecule has 0 aromatic carbocycles. The Morgan fingerprint density at radius 1 is 1.33 bits per heavy atom. The van der Waals surface area contributed by atoms with E-state index in [1.54, 1.807) is 7.11 Å². The van der Waals surface area contributed by atoms with Gasteiger partial charge in [-0.3, -0.25) is 4.90 Å². The van der Waals surface area contributed by atoms with Crippen LogP contribution in [0.25, 0.3) is 0 Å². The number of rotatable bonds is 2. The summed E-state index contributed by atoms with van der Waals surface area (Å²) in [6, 6.07) is 0. The molecule has 1 fully saturated rings. The standard InChI is InChI=1S/C7H15NO3S/c1-7(11-2)8-3-5-12(9,10)6-4-8/h7H,3-6H2,1-2H3. The molecule has 0 aromatic rings. The Bertz CT molecular complexity index is 223. The molecule has 0 bridgehead atoms. The highest BCUT2D eigenvalue weighted by Gasteiger charge is 2.24. The first-order valence-electron chi connectivity index (χ1n) is 4.02. The van der Waals surface area contributed by atoms with Gasteiger partial charge in [0.15, 0.2) is 9.84 Å². The predicted molar refractivity (Wildman–Crippen MR) is 46.7 cm³/mol. The van der Waals surface area contributed by atoms with Gasteiger partial charge < -0.3 is 4.74 Å². The fourth-order valence-corrected chi connectivity index (χ4v) is 2.47. The summed E-state index contributed by atoms with van der Waals surface area (Å²) in [7, 11) is -1.12. The van der Waals surface area contributed by atoms with E-state index < -0.39 is 9.84 Å². The van der Waals surface area contributed by atoms with Gasteiger partial charge >= 0.3 is 0 Å². The lowest BCUT2D eigenvalue weighted by Crippen LogP contribution is -2.45. The summed E-state index contributed by atoms with van der Waals surface area (Å²) in [4.78, 5) is 2.03. The Hall–Kier alpha value is -0.130. The van der Waals surface area contributed by atoms with Gasteiger partial charge in [0.1, 0.15) is 6.23 Å². The van der Waals surface area contributed by atoms with Crippen molar-refractivity contribution in [3.63, 3.8) is 0 Å². The maximum absolute atomic E-state index is 11.0. The van der Waals surface area contributed by atoms with E-state index >= 15 is 0 Å². The summed E-state index contributed by atoms with van der Waals surface area (Å²) in [5.74, 6) is 0.529. The molecule has 0 radical (unpaired) electrons. The van der Waals surface area contributed by atoms with Crippen LogP contribution in [0, 0.1) is 0 Å². The van der Waals surface area contributed by atoms with E-state index in [0.29, 0.717) is 13.1 Å². The van der Waals surface area contributed by atoms with Gasteiger partial charge in [-0.25, -0.2) is 8.42 Å². The molecule has 0 aliphatic carbocycles. The summed E-state index contributed by atoms with van der Waals surface area (Å²) < 4.78 is 27.2. The molecule has 72 valence electrons. The van der Waals surface area contributed by atoms with Crippen LogP contribution < -0.4 is 0 Å². The van der Waals surface area contributed by atoms with E-state index in [0.717, 1.165) is 0 Å². The molecule has 12 heavy (non-hydrogen) atoms. The van der Waals surface area contributed by atoms with E-state index in [2.05, 4.69) is 0 Å². The molecular weight excluding hydrogens is 178 g/mol. The van der Waals surface area contributed by atoms with Crippen LogP contribution in [0.5, 0.6) is 0 Å². The monoisotopic (exact) mass is 193 g/mol. The minimum absolute atomic E-state index is 0.0282. The van der Waals surface area contributed by atoms with Crippen molar-refractivity contribution in [3.05, 3.63) is 0 Å². The first-order valence-corrected chi connectivity index (χ1v) is 5.84. The summed E-state index contributed by atoms with van der Waals surface area (Å²) in [6.07, 6.45) is 0.0282. The number of hydrogen-bond acceptors (Lipinski definition) is 4. The number of nitrogens with zero attached hydrogens (tertiary/aromatic N) is 1. The number of sulfone groups is 1. The van der Waals surface area contributed by atoms with Crippen LogP contribution in [0.4, 0.5) is 0 Å². The molecule has 1 rings (SSSR count). The number of methoxy groups -OCH3 is 1. The predicted octanol–water partition coefficient (Wildman–Crippen LogP) is -0.291. The summed E-state index contributed by atoms with van der Waals surface area (Å²) in [5.41, 5.74) is 0. The summed E-state index contributed by atoms with van der Waals surface area (Å²) in [6.45, 7) is 3.12. The second kappa shape index (κ2) is 3.72. The highest BCUT2D eigenvalue weighted by molar-refractivity contribution is 7.91. The van der Waals surface area contributed by atoms with Crippen molar-refractivity contribution in [1.82, 2.24) is 4.90 Å². The first-order chi connectivity index (χ1) is 5.55. The molecular formula is C7H15NO3S. The van der Waals surface area contributed by atoms with Crippen molar-refractivity contribution in [1.29, 1.82) is 0 Å². The Morgan fingerprint density at radius 3 is 2.25 bits per heavy atom. The molecule has 1 atom stereocenters. The van der Waals surface area contributed by atoms with Crippen LogP contribution in [0.1, 0.15) is 6.92 Å². The van der Waals surface area contributed by atoms with Crippen LogP contribution >= 0.6 is 0 Å². The Morgan fingerprint density at radius 2 is 1.83 bits per heavy atom. The van der Waals surface area contributed by atoms with Gasteiger partial charge in [0.25, 0.3) is 0 Å². The third-order valence-corrected chi connectivity index (χ3v) is 3.84. The largest absolute Gasteiger partial charge is 0.367 e. The van der Waals surface area contributed by atoms with Crippen LogP contribution in [-0.4, -0.2) is 51.3 Å². The third kappa shape index (κ3) is 2.43. The molecule has 5 heteroatoms. The Labute approximate surface area is 73.4 Å². The minimum Gasteiger partial charge on any atom is -0.367 e. The minimum atomic E-state index is -2.75. The molecule has 0 aromatic heterocycles. The zero-order valence-electron chi connectivity index (χ0n) is 7.49. The second-order valence-corrected chi connectivity index (χ2v) is 5.33. The van der Waals surface area contributed by atoms with Crippen molar-refractivity contribution >= 4 is 9.84 Å². The van der Waals surface area contributed by atoms with Crippen molar-refractivity contribution in [2.75, 3.05) is 31.7 Å². The molecule has 1 saturated heterocycles. The molecule has 4 nitrogen and oxygen atoms in total. The van der Waals surface area contributed by atoms with Gasteiger partial charge in [0, 0.05) is 20.2 Å². The van der Waals surface area contributed by atoms with Crippen molar-refractivity contribution in [2.24, 2.45) is 0 Å². The molecule has 1 heterocycles. The van der Waals surface area contributed by atoms with E-state index in [9.17, 15) is 8.42 Å². The molecule has 1 aliphatic heterocycles. The Kier molecular flexibility index (Phi) is 3.09. The second-order valence-electron chi connectivity index (χ2n) is 3.02. The van der Waals surface area contributed by atoms with Crippen LogP contribution in [0.3, 0.4) is 0 Å². The fraction of sp³-hybridized carbons (Fsp3) is 1.00. The maximum Gasteiger partial charge on any atom is 0.152 e. The first kappa shape index (κ1) is 9.95. The lowest BCUT2D eigenvalue weighted by atomic mass is 10.4. The lowest BCUT2D eigenvalue weighted by Gasteiger charge is -2.30. The van der Waals surface area contributed by atoms with Gasteiger partial charge in [-0.1, -0.05) is 0 Å². The van der Waals surface area contributed by atoms with Crippen LogP contribution in [-0.2, 0) is 14.6 Å². The smallest absolute Gasteiger partial charge is 0.152 e.